The summed E-state index contributed by atoms with van der Waals surface area (Å²) in [6, 6.07) is 10.1. The summed E-state index contributed by atoms with van der Waals surface area (Å²) in [5, 5.41) is 7.27. The number of amides is 1. The molecule has 2 aromatic heterocycles. The summed E-state index contributed by atoms with van der Waals surface area (Å²) in [5.74, 6) is 1.59. The number of carbonyl (C=O) groups is 1. The number of fused-ring (bicyclic) bond motifs is 1. The summed E-state index contributed by atoms with van der Waals surface area (Å²) in [6.45, 7) is 8.63. The van der Waals surface area contributed by atoms with Crippen LogP contribution in [-0.2, 0) is 0 Å². The van der Waals surface area contributed by atoms with E-state index < -0.39 is 0 Å². The van der Waals surface area contributed by atoms with Crippen LogP contribution in [0.25, 0.3) is 16.8 Å². The molecule has 0 radical (unpaired) electrons. The molecule has 1 aliphatic rings. The van der Waals surface area contributed by atoms with Crippen LogP contribution in [0.15, 0.2) is 52.8 Å². The molecule has 9 nitrogen and oxygen atoms in total. The van der Waals surface area contributed by atoms with Gasteiger partial charge < -0.3 is 15.1 Å². The van der Waals surface area contributed by atoms with Crippen molar-refractivity contribution in [1.82, 2.24) is 29.7 Å². The van der Waals surface area contributed by atoms with E-state index in [0.717, 1.165) is 30.1 Å². The second kappa shape index (κ2) is 10.8. The van der Waals surface area contributed by atoms with Gasteiger partial charge in [-0.15, -0.1) is 0 Å². The number of likely N-dealkylation sites (N-methyl/N-ethyl adjacent to an activating group) is 1. The standard InChI is InChI=1S/C26H34N8O/c1-18-7-6-13-33(18)20(3)30-19(2)31-24-15-23(16-34-25(24)28-17-29-34)21-8-10-22(11-9-21)26(35)27-12-14-32(4)5/h8-11,15-18H,6-7,12-14H2,1-5H3,(H,27,35). The van der Waals surface area contributed by atoms with Crippen molar-refractivity contribution in [2.75, 3.05) is 33.7 Å². The quantitative estimate of drug-likeness (QED) is 0.435. The molecule has 3 heterocycles. The fraction of sp³-hybridized carbons (Fsp3) is 0.423. The molecule has 9 heteroatoms. The van der Waals surface area contributed by atoms with Gasteiger partial charge in [0, 0.05) is 43.0 Å². The molecule has 0 bridgehead atoms. The Bertz CT molecular complexity index is 1240. The van der Waals surface area contributed by atoms with Gasteiger partial charge in [0.05, 0.1) is 0 Å². The molecule has 1 aliphatic heterocycles. The van der Waals surface area contributed by atoms with Crippen LogP contribution >= 0.6 is 0 Å². The largest absolute Gasteiger partial charge is 0.358 e. The number of amidine groups is 2. The average molecular weight is 475 g/mol. The Labute approximate surface area is 206 Å². The van der Waals surface area contributed by atoms with Crippen molar-refractivity contribution in [3.8, 4) is 11.1 Å². The summed E-state index contributed by atoms with van der Waals surface area (Å²) >= 11 is 0. The molecule has 1 aromatic carbocycles. The molecule has 1 saturated heterocycles. The fourth-order valence-corrected chi connectivity index (χ4v) is 4.37. The van der Waals surface area contributed by atoms with Crippen molar-refractivity contribution in [2.45, 2.75) is 39.7 Å². The number of aromatic nitrogens is 3. The van der Waals surface area contributed by atoms with E-state index in [9.17, 15) is 4.79 Å². The van der Waals surface area contributed by atoms with Crippen LogP contribution in [0.5, 0.6) is 0 Å². The Morgan fingerprint density at radius 1 is 1.20 bits per heavy atom. The normalized spacial score (nSPS) is 17.0. The van der Waals surface area contributed by atoms with Gasteiger partial charge in [0.1, 0.15) is 23.7 Å². The van der Waals surface area contributed by atoms with Crippen LogP contribution in [-0.4, -0.2) is 81.7 Å². The van der Waals surface area contributed by atoms with Crippen LogP contribution in [0, 0.1) is 0 Å². The van der Waals surface area contributed by atoms with Crippen LogP contribution in [0.1, 0.15) is 44.0 Å². The van der Waals surface area contributed by atoms with E-state index in [1.54, 1.807) is 4.52 Å². The topological polar surface area (TPSA) is 90.5 Å². The van der Waals surface area contributed by atoms with Gasteiger partial charge in [-0.1, -0.05) is 12.1 Å². The number of pyridine rings is 1. The molecule has 1 atom stereocenters. The highest BCUT2D eigenvalue weighted by molar-refractivity contribution is 5.97. The van der Waals surface area contributed by atoms with E-state index in [1.165, 1.54) is 19.2 Å². The average Bonchev–Trinajstić information content (AvgIpc) is 3.47. The van der Waals surface area contributed by atoms with Gasteiger partial charge in [-0.3, -0.25) is 4.79 Å². The lowest BCUT2D eigenvalue weighted by molar-refractivity contribution is 0.0951. The van der Waals surface area contributed by atoms with Crippen molar-refractivity contribution >= 4 is 28.9 Å². The van der Waals surface area contributed by atoms with Crippen LogP contribution in [0.4, 0.5) is 5.69 Å². The maximum Gasteiger partial charge on any atom is 0.251 e. The third kappa shape index (κ3) is 5.92. The second-order valence-electron chi connectivity index (χ2n) is 9.28. The van der Waals surface area contributed by atoms with E-state index in [1.807, 2.05) is 69.4 Å². The zero-order chi connectivity index (χ0) is 24.9. The minimum atomic E-state index is -0.0772. The van der Waals surface area contributed by atoms with Crippen molar-refractivity contribution in [2.24, 2.45) is 9.98 Å². The maximum absolute atomic E-state index is 12.4. The maximum atomic E-state index is 12.4. The Hall–Kier alpha value is -3.59. The highest BCUT2D eigenvalue weighted by Gasteiger charge is 2.21. The van der Waals surface area contributed by atoms with Crippen molar-refractivity contribution in [3.05, 3.63) is 48.4 Å². The Kier molecular flexibility index (Phi) is 7.55. The molecule has 4 rings (SSSR count). The highest BCUT2D eigenvalue weighted by Crippen LogP contribution is 2.28. The molecular weight excluding hydrogens is 440 g/mol. The lowest BCUT2D eigenvalue weighted by atomic mass is 10.0. The minimum absolute atomic E-state index is 0.0772. The Balaban J connectivity index is 1.57. The predicted octanol–water partition coefficient (Wildman–Crippen LogP) is 3.64. The van der Waals surface area contributed by atoms with E-state index in [0.29, 0.717) is 35.3 Å². The number of nitrogens with one attached hydrogen (secondary N) is 1. The van der Waals surface area contributed by atoms with Crippen molar-refractivity contribution in [3.63, 3.8) is 0 Å². The summed E-state index contributed by atoms with van der Waals surface area (Å²) in [7, 11) is 3.96. The van der Waals surface area contributed by atoms with Gasteiger partial charge in [0.2, 0.25) is 0 Å². The molecule has 1 unspecified atom stereocenters. The Morgan fingerprint density at radius 2 is 1.97 bits per heavy atom. The van der Waals surface area contributed by atoms with E-state index in [4.69, 9.17) is 9.98 Å². The predicted molar refractivity (Wildman–Crippen MR) is 141 cm³/mol. The zero-order valence-corrected chi connectivity index (χ0v) is 21.2. The number of carbonyl (C=O) groups excluding carboxylic acids is 1. The molecule has 0 spiro atoms. The number of aliphatic imine (C=N–C) groups is 2. The fourth-order valence-electron chi connectivity index (χ4n) is 4.37. The van der Waals surface area contributed by atoms with Crippen LogP contribution in [0.3, 0.4) is 0 Å². The van der Waals surface area contributed by atoms with E-state index >= 15 is 0 Å². The van der Waals surface area contributed by atoms with Crippen molar-refractivity contribution < 1.29 is 4.79 Å². The van der Waals surface area contributed by atoms with E-state index in [2.05, 4.69) is 27.2 Å². The summed E-state index contributed by atoms with van der Waals surface area (Å²) in [4.78, 5) is 30.7. The first-order valence-corrected chi connectivity index (χ1v) is 12.1. The lowest BCUT2D eigenvalue weighted by Crippen LogP contribution is -2.32. The third-order valence-corrected chi connectivity index (χ3v) is 6.26. The van der Waals surface area contributed by atoms with Gasteiger partial charge in [0.15, 0.2) is 5.65 Å². The number of hydrogen-bond donors (Lipinski definition) is 1. The van der Waals surface area contributed by atoms with Gasteiger partial charge in [0.25, 0.3) is 5.91 Å². The highest BCUT2D eigenvalue weighted by atomic mass is 16.1. The first-order valence-electron chi connectivity index (χ1n) is 12.1. The smallest absolute Gasteiger partial charge is 0.251 e. The molecule has 1 amide bonds. The molecule has 0 aliphatic carbocycles. The zero-order valence-electron chi connectivity index (χ0n) is 21.2. The second-order valence-corrected chi connectivity index (χ2v) is 9.28. The molecule has 0 saturated carbocycles. The molecular formula is C26H34N8O. The summed E-state index contributed by atoms with van der Waals surface area (Å²) in [6.07, 6.45) is 5.84. The van der Waals surface area contributed by atoms with Gasteiger partial charge in [-0.2, -0.15) is 5.10 Å². The monoisotopic (exact) mass is 474 g/mol. The minimum Gasteiger partial charge on any atom is -0.358 e. The summed E-state index contributed by atoms with van der Waals surface area (Å²) < 4.78 is 1.72. The number of likely N-dealkylation sites (tertiary alicyclic amines) is 1. The van der Waals surface area contributed by atoms with E-state index in [-0.39, 0.29) is 5.91 Å². The first kappa shape index (κ1) is 24.5. The van der Waals surface area contributed by atoms with Gasteiger partial charge in [-0.25, -0.2) is 19.5 Å². The molecule has 1 N–H and O–H groups in total. The summed E-state index contributed by atoms with van der Waals surface area (Å²) in [5.41, 5.74) is 3.90. The lowest BCUT2D eigenvalue weighted by Gasteiger charge is -2.22. The molecule has 184 valence electrons. The molecule has 35 heavy (non-hydrogen) atoms. The third-order valence-electron chi connectivity index (χ3n) is 6.26. The van der Waals surface area contributed by atoms with Crippen LogP contribution < -0.4 is 5.32 Å². The molecule has 1 fully saturated rings. The SMILES string of the molecule is CC(=Nc1cc(-c2ccc(C(=O)NCCN(C)C)cc2)cn2ncnc12)N=C(C)N1CCCC1C. The van der Waals surface area contributed by atoms with Gasteiger partial charge >= 0.3 is 0 Å². The molecule has 3 aromatic rings. The van der Waals surface area contributed by atoms with Gasteiger partial charge in [-0.05, 0) is 71.5 Å². The first-order chi connectivity index (χ1) is 16.8. The Morgan fingerprint density at radius 3 is 2.66 bits per heavy atom. The number of hydrogen-bond acceptors (Lipinski definition) is 5. The van der Waals surface area contributed by atoms with Crippen LogP contribution in [0.2, 0.25) is 0 Å². The number of benzene rings is 1. The number of nitrogens with zero attached hydrogens (tertiary/aromatic N) is 7. The van der Waals surface area contributed by atoms with Crippen molar-refractivity contribution in [1.29, 1.82) is 0 Å². The number of rotatable bonds is 6.